The Labute approximate surface area is 73.8 Å². The van der Waals surface area contributed by atoms with Gasteiger partial charge in [-0.3, -0.25) is 4.84 Å². The lowest BCUT2D eigenvalue weighted by atomic mass is 9.92. The second-order valence-electron chi connectivity index (χ2n) is 3.84. The molecule has 0 amide bonds. The molecular formula is C10H16NO+. The Morgan fingerprint density at radius 3 is 2.33 bits per heavy atom. The zero-order valence-corrected chi connectivity index (χ0v) is 8.16. The van der Waals surface area contributed by atoms with Crippen molar-refractivity contribution in [3.05, 3.63) is 30.1 Å². The lowest BCUT2D eigenvalue weighted by molar-refractivity contribution is -0.892. The number of hydrogen-bond acceptors (Lipinski definition) is 1. The smallest absolute Gasteiger partial charge is 0.239 e. The first-order chi connectivity index (χ1) is 5.55. The molecular weight excluding hydrogens is 150 g/mol. The molecule has 66 valence electrons. The van der Waals surface area contributed by atoms with Gasteiger partial charge in [0.15, 0.2) is 0 Å². The quantitative estimate of drug-likeness (QED) is 0.574. The third-order valence-electron chi connectivity index (χ3n) is 1.79. The monoisotopic (exact) mass is 166 g/mol. The third-order valence-corrected chi connectivity index (χ3v) is 1.79. The normalized spacial score (nSPS) is 11.3. The van der Waals surface area contributed by atoms with Gasteiger partial charge >= 0.3 is 0 Å². The number of pyridine rings is 1. The van der Waals surface area contributed by atoms with Crippen molar-refractivity contribution in [2.75, 3.05) is 7.11 Å². The summed E-state index contributed by atoms with van der Waals surface area (Å²) >= 11 is 0. The van der Waals surface area contributed by atoms with E-state index in [2.05, 4.69) is 26.8 Å². The van der Waals surface area contributed by atoms with E-state index >= 15 is 0 Å². The van der Waals surface area contributed by atoms with Crippen molar-refractivity contribution in [2.45, 2.75) is 26.2 Å². The van der Waals surface area contributed by atoms with Crippen LogP contribution >= 0.6 is 0 Å². The van der Waals surface area contributed by atoms with Gasteiger partial charge in [-0.25, -0.2) is 0 Å². The molecule has 1 heterocycles. The first-order valence-corrected chi connectivity index (χ1v) is 4.11. The van der Waals surface area contributed by atoms with Crippen LogP contribution in [0.5, 0.6) is 0 Å². The Hall–Kier alpha value is -1.05. The summed E-state index contributed by atoms with van der Waals surface area (Å²) in [5, 5.41) is 0. The van der Waals surface area contributed by atoms with Gasteiger partial charge in [-0.1, -0.05) is 20.8 Å². The Morgan fingerprint density at radius 1 is 1.25 bits per heavy atom. The average molecular weight is 166 g/mol. The summed E-state index contributed by atoms with van der Waals surface area (Å²) in [4.78, 5) is 5.19. The van der Waals surface area contributed by atoms with Crippen molar-refractivity contribution in [2.24, 2.45) is 0 Å². The van der Waals surface area contributed by atoms with Crippen LogP contribution in [0, 0.1) is 0 Å². The van der Waals surface area contributed by atoms with Crippen LogP contribution in [-0.2, 0) is 5.41 Å². The summed E-state index contributed by atoms with van der Waals surface area (Å²) in [7, 11) is 1.68. The highest BCUT2D eigenvalue weighted by Gasteiger charge is 2.25. The maximum atomic E-state index is 5.19. The molecule has 0 bridgehead atoms. The van der Waals surface area contributed by atoms with Crippen LogP contribution < -0.4 is 9.57 Å². The molecule has 0 unspecified atom stereocenters. The van der Waals surface area contributed by atoms with E-state index in [1.165, 1.54) is 5.69 Å². The van der Waals surface area contributed by atoms with E-state index in [0.29, 0.717) is 0 Å². The summed E-state index contributed by atoms with van der Waals surface area (Å²) in [6, 6.07) is 6.05. The van der Waals surface area contributed by atoms with Gasteiger partial charge in [0.1, 0.15) is 7.11 Å². The molecule has 0 aromatic carbocycles. The van der Waals surface area contributed by atoms with Crippen LogP contribution in [0.4, 0.5) is 0 Å². The Bertz CT molecular complexity index is 263. The van der Waals surface area contributed by atoms with Gasteiger partial charge in [0.05, 0.1) is 5.41 Å². The topological polar surface area (TPSA) is 13.1 Å². The van der Waals surface area contributed by atoms with Crippen LogP contribution in [0.1, 0.15) is 26.5 Å². The predicted octanol–water partition coefficient (Wildman–Crippen LogP) is 1.33. The lowest BCUT2D eigenvalue weighted by Gasteiger charge is -2.13. The van der Waals surface area contributed by atoms with Gasteiger partial charge in [-0.15, -0.1) is 0 Å². The van der Waals surface area contributed by atoms with Crippen LogP contribution in [0.25, 0.3) is 0 Å². The van der Waals surface area contributed by atoms with E-state index in [1.54, 1.807) is 11.8 Å². The summed E-state index contributed by atoms with van der Waals surface area (Å²) in [6.07, 6.45) is 1.92. The molecule has 0 saturated heterocycles. The molecule has 0 aliphatic heterocycles. The summed E-state index contributed by atoms with van der Waals surface area (Å²) < 4.78 is 1.79. The SMILES string of the molecule is CO[n+]1ccccc1C(C)(C)C. The molecule has 1 rings (SSSR count). The predicted molar refractivity (Wildman–Crippen MR) is 47.8 cm³/mol. The minimum absolute atomic E-state index is 0.122. The van der Waals surface area contributed by atoms with Crippen molar-refractivity contribution < 1.29 is 9.57 Å². The maximum Gasteiger partial charge on any atom is 0.239 e. The Kier molecular flexibility index (Phi) is 2.36. The lowest BCUT2D eigenvalue weighted by Crippen LogP contribution is -2.47. The van der Waals surface area contributed by atoms with Crippen molar-refractivity contribution >= 4 is 0 Å². The average Bonchev–Trinajstić information content (AvgIpc) is 2.03. The molecule has 1 aromatic heterocycles. The zero-order chi connectivity index (χ0) is 9.19. The van der Waals surface area contributed by atoms with Crippen LogP contribution in [-0.4, -0.2) is 7.11 Å². The maximum absolute atomic E-state index is 5.19. The Morgan fingerprint density at radius 2 is 1.92 bits per heavy atom. The molecule has 0 aliphatic rings. The fourth-order valence-electron chi connectivity index (χ4n) is 1.17. The standard InChI is InChI=1S/C10H16NO/c1-10(2,3)9-7-5-6-8-11(9)12-4/h5-8H,1-4H3/q+1. The number of nitrogens with zero attached hydrogens (tertiary/aromatic N) is 1. The molecule has 0 radical (unpaired) electrons. The van der Waals surface area contributed by atoms with Gasteiger partial charge in [-0.05, 0) is 6.07 Å². The zero-order valence-electron chi connectivity index (χ0n) is 8.16. The summed E-state index contributed by atoms with van der Waals surface area (Å²) in [5.41, 5.74) is 1.30. The van der Waals surface area contributed by atoms with E-state index in [1.807, 2.05) is 18.3 Å². The molecule has 2 heteroatoms. The van der Waals surface area contributed by atoms with E-state index in [-0.39, 0.29) is 5.41 Å². The molecule has 0 spiro atoms. The molecule has 0 fully saturated rings. The van der Waals surface area contributed by atoms with Gasteiger partial charge in [-0.2, -0.15) is 0 Å². The number of hydrogen-bond donors (Lipinski definition) is 0. The molecule has 0 N–H and O–H groups in total. The number of rotatable bonds is 1. The second-order valence-corrected chi connectivity index (χ2v) is 3.84. The minimum atomic E-state index is 0.122. The van der Waals surface area contributed by atoms with Gasteiger partial charge in [0, 0.05) is 16.9 Å². The van der Waals surface area contributed by atoms with Crippen molar-refractivity contribution in [1.82, 2.24) is 0 Å². The fraction of sp³-hybridized carbons (Fsp3) is 0.500. The Balaban J connectivity index is 3.14. The molecule has 2 nitrogen and oxygen atoms in total. The highest BCUT2D eigenvalue weighted by atomic mass is 16.6. The molecule has 0 aliphatic carbocycles. The van der Waals surface area contributed by atoms with Crippen molar-refractivity contribution in [3.63, 3.8) is 0 Å². The van der Waals surface area contributed by atoms with E-state index in [9.17, 15) is 0 Å². The van der Waals surface area contributed by atoms with Crippen LogP contribution in [0.3, 0.4) is 0 Å². The van der Waals surface area contributed by atoms with Crippen molar-refractivity contribution in [3.8, 4) is 0 Å². The molecule has 12 heavy (non-hydrogen) atoms. The summed E-state index contributed by atoms with van der Waals surface area (Å²) in [6.45, 7) is 6.49. The van der Waals surface area contributed by atoms with Gasteiger partial charge in [0.25, 0.3) is 0 Å². The molecule has 0 atom stereocenters. The largest absolute Gasteiger partial charge is 0.274 e. The second kappa shape index (κ2) is 3.13. The highest BCUT2D eigenvalue weighted by molar-refractivity contribution is 5.06. The minimum Gasteiger partial charge on any atom is -0.274 e. The van der Waals surface area contributed by atoms with E-state index < -0.39 is 0 Å². The van der Waals surface area contributed by atoms with Crippen molar-refractivity contribution in [1.29, 1.82) is 0 Å². The third kappa shape index (κ3) is 1.76. The first kappa shape index (κ1) is 9.04. The van der Waals surface area contributed by atoms with Gasteiger partial charge < -0.3 is 0 Å². The van der Waals surface area contributed by atoms with Crippen LogP contribution in [0.15, 0.2) is 24.4 Å². The van der Waals surface area contributed by atoms with E-state index in [4.69, 9.17) is 4.84 Å². The van der Waals surface area contributed by atoms with Gasteiger partial charge in [0.2, 0.25) is 11.9 Å². The molecule has 1 aromatic rings. The van der Waals surface area contributed by atoms with Crippen LogP contribution in [0.2, 0.25) is 0 Å². The molecule has 0 saturated carbocycles. The highest BCUT2D eigenvalue weighted by Crippen LogP contribution is 2.17. The number of aromatic nitrogens is 1. The fourth-order valence-corrected chi connectivity index (χ4v) is 1.17. The van der Waals surface area contributed by atoms with E-state index in [0.717, 1.165) is 0 Å². The first-order valence-electron chi connectivity index (χ1n) is 4.11. The summed E-state index contributed by atoms with van der Waals surface area (Å²) in [5.74, 6) is 0.